The highest BCUT2D eigenvalue weighted by Crippen LogP contribution is 2.13. The van der Waals surface area contributed by atoms with Gasteiger partial charge in [0.05, 0.1) is 12.5 Å². The van der Waals surface area contributed by atoms with Crippen LogP contribution >= 0.6 is 0 Å². The minimum atomic E-state index is -1.46. The maximum absolute atomic E-state index is 13.2. The summed E-state index contributed by atoms with van der Waals surface area (Å²) in [4.78, 5) is 66.2. The average molecular weight is 565 g/mol. The van der Waals surface area contributed by atoms with Gasteiger partial charge in [0, 0.05) is 13.0 Å². The van der Waals surface area contributed by atoms with Gasteiger partial charge in [0.25, 0.3) is 0 Å². The summed E-state index contributed by atoms with van der Waals surface area (Å²) in [5, 5.41) is 26.5. The standard InChI is InChI=1S/C25H40N8O7/c1-3-13(2)20(24(39)40)33-23(38)17(11-14-6-8-15(34)9-7-14)32-22(37)18(12-19(27)35)31-21(36)16(26)5-4-10-30-25(28)29/h6-9,13,16-18,20,34H,3-5,10-12,26H2,1-2H3,(H2,27,35)(H,31,36)(H,32,37)(H,33,38)(H,39,40)(H4,28,29,30). The lowest BCUT2D eigenvalue weighted by atomic mass is 9.98. The Morgan fingerprint density at radius 3 is 2.02 bits per heavy atom. The molecule has 1 aromatic carbocycles. The van der Waals surface area contributed by atoms with Crippen LogP contribution in [-0.4, -0.2) is 76.5 Å². The van der Waals surface area contributed by atoms with Crippen molar-refractivity contribution in [1.82, 2.24) is 16.0 Å². The van der Waals surface area contributed by atoms with Crippen LogP contribution in [0, 0.1) is 5.92 Å². The highest BCUT2D eigenvalue weighted by Gasteiger charge is 2.32. The molecule has 0 heterocycles. The number of nitrogens with two attached hydrogens (primary N) is 4. The van der Waals surface area contributed by atoms with Gasteiger partial charge in [0.2, 0.25) is 23.6 Å². The van der Waals surface area contributed by atoms with E-state index < -0.39 is 66.1 Å². The lowest BCUT2D eigenvalue weighted by Gasteiger charge is -2.26. The number of aliphatic carboxylic acids is 1. The van der Waals surface area contributed by atoms with E-state index in [4.69, 9.17) is 22.9 Å². The number of rotatable bonds is 17. The van der Waals surface area contributed by atoms with E-state index in [2.05, 4.69) is 20.9 Å². The molecule has 4 amide bonds. The normalized spacial score (nSPS) is 14.5. The zero-order chi connectivity index (χ0) is 30.4. The van der Waals surface area contributed by atoms with Gasteiger partial charge in [0.1, 0.15) is 23.9 Å². The van der Waals surface area contributed by atoms with Crippen LogP contribution in [0.5, 0.6) is 5.75 Å². The van der Waals surface area contributed by atoms with Gasteiger partial charge in [-0.15, -0.1) is 0 Å². The second kappa shape index (κ2) is 16.5. The minimum Gasteiger partial charge on any atom is -0.508 e. The summed E-state index contributed by atoms with van der Waals surface area (Å²) >= 11 is 0. The van der Waals surface area contributed by atoms with E-state index in [1.165, 1.54) is 24.3 Å². The predicted octanol–water partition coefficient (Wildman–Crippen LogP) is -2.22. The monoisotopic (exact) mass is 564 g/mol. The van der Waals surface area contributed by atoms with Gasteiger partial charge in [-0.25, -0.2) is 4.79 Å². The summed E-state index contributed by atoms with van der Waals surface area (Å²) in [5.74, 6) is -5.13. The van der Waals surface area contributed by atoms with Gasteiger partial charge >= 0.3 is 5.97 Å². The summed E-state index contributed by atoms with van der Waals surface area (Å²) in [7, 11) is 0. The molecule has 0 fully saturated rings. The zero-order valence-corrected chi connectivity index (χ0v) is 22.6. The molecule has 1 rings (SSSR count). The van der Waals surface area contributed by atoms with E-state index in [0.717, 1.165) is 0 Å². The number of carbonyl (C=O) groups is 5. The number of phenolic OH excluding ortho intramolecular Hbond substituents is 1. The fraction of sp³-hybridized carbons (Fsp3) is 0.520. The average Bonchev–Trinajstić information content (AvgIpc) is 2.88. The van der Waals surface area contributed by atoms with Crippen LogP contribution in [0.2, 0.25) is 0 Å². The van der Waals surface area contributed by atoms with Gasteiger partial charge in [-0.2, -0.15) is 0 Å². The van der Waals surface area contributed by atoms with Crippen molar-refractivity contribution in [3.05, 3.63) is 29.8 Å². The molecule has 0 aliphatic carbocycles. The van der Waals surface area contributed by atoms with E-state index in [9.17, 15) is 34.2 Å². The number of nitrogens with one attached hydrogen (secondary N) is 3. The zero-order valence-electron chi connectivity index (χ0n) is 22.6. The Kier molecular flexibility index (Phi) is 13.9. The van der Waals surface area contributed by atoms with Crippen molar-refractivity contribution in [3.8, 4) is 5.75 Å². The Morgan fingerprint density at radius 2 is 1.50 bits per heavy atom. The number of carboxylic acid groups (broad SMARTS) is 1. The second-order valence-corrected chi connectivity index (χ2v) is 9.43. The van der Waals surface area contributed by atoms with Crippen LogP contribution in [0.15, 0.2) is 29.3 Å². The Bertz CT molecular complexity index is 1060. The predicted molar refractivity (Wildman–Crippen MR) is 146 cm³/mol. The number of benzene rings is 1. The first kappa shape index (κ1) is 33.6. The van der Waals surface area contributed by atoms with Crippen molar-refractivity contribution in [2.45, 2.75) is 70.1 Å². The summed E-state index contributed by atoms with van der Waals surface area (Å²) in [6.07, 6.45) is 0.328. The topological polar surface area (TPSA) is 278 Å². The molecule has 40 heavy (non-hydrogen) atoms. The number of aromatic hydroxyl groups is 1. The molecule has 15 nitrogen and oxygen atoms in total. The van der Waals surface area contributed by atoms with E-state index in [-0.39, 0.29) is 31.1 Å². The number of hydrogen-bond donors (Lipinski definition) is 9. The van der Waals surface area contributed by atoms with Crippen molar-refractivity contribution >= 4 is 35.6 Å². The molecule has 15 heteroatoms. The Balaban J connectivity index is 3.11. The highest BCUT2D eigenvalue weighted by atomic mass is 16.4. The third-order valence-corrected chi connectivity index (χ3v) is 6.13. The highest BCUT2D eigenvalue weighted by molar-refractivity contribution is 5.96. The van der Waals surface area contributed by atoms with E-state index >= 15 is 0 Å². The largest absolute Gasteiger partial charge is 0.508 e. The third-order valence-electron chi connectivity index (χ3n) is 6.13. The van der Waals surface area contributed by atoms with Gasteiger partial charge in [-0.3, -0.25) is 24.2 Å². The first-order valence-electron chi connectivity index (χ1n) is 12.8. The van der Waals surface area contributed by atoms with Crippen molar-refractivity contribution in [3.63, 3.8) is 0 Å². The quantitative estimate of drug-likeness (QED) is 0.0558. The molecule has 0 saturated heterocycles. The van der Waals surface area contributed by atoms with Crippen molar-refractivity contribution < 1.29 is 34.2 Å². The lowest BCUT2D eigenvalue weighted by Crippen LogP contribution is -2.58. The number of carbonyl (C=O) groups excluding carboxylic acids is 4. The minimum absolute atomic E-state index is 0.0182. The van der Waals surface area contributed by atoms with Crippen LogP contribution in [-0.2, 0) is 30.4 Å². The molecular weight excluding hydrogens is 524 g/mol. The smallest absolute Gasteiger partial charge is 0.326 e. The van der Waals surface area contributed by atoms with Crippen molar-refractivity contribution in [2.75, 3.05) is 6.54 Å². The van der Waals surface area contributed by atoms with E-state index in [1.807, 2.05) is 0 Å². The van der Waals surface area contributed by atoms with Crippen molar-refractivity contribution in [2.24, 2.45) is 33.8 Å². The lowest BCUT2D eigenvalue weighted by molar-refractivity contribution is -0.144. The Hall–Kier alpha value is -4.40. The van der Waals surface area contributed by atoms with Crippen LogP contribution in [0.1, 0.15) is 45.1 Å². The third kappa shape index (κ3) is 12.0. The fourth-order valence-electron chi connectivity index (χ4n) is 3.63. The molecule has 5 atom stereocenters. The molecule has 0 bridgehead atoms. The molecule has 0 aliphatic rings. The van der Waals surface area contributed by atoms with E-state index in [1.54, 1.807) is 13.8 Å². The summed E-state index contributed by atoms with van der Waals surface area (Å²) in [5.41, 5.74) is 22.2. The number of primary amides is 1. The van der Waals surface area contributed by atoms with Crippen molar-refractivity contribution in [1.29, 1.82) is 0 Å². The fourth-order valence-corrected chi connectivity index (χ4v) is 3.63. The molecule has 0 aliphatic heterocycles. The first-order chi connectivity index (χ1) is 18.7. The summed E-state index contributed by atoms with van der Waals surface area (Å²) in [6.45, 7) is 3.66. The van der Waals surface area contributed by atoms with E-state index in [0.29, 0.717) is 18.4 Å². The van der Waals surface area contributed by atoms with Crippen LogP contribution < -0.4 is 38.9 Å². The number of aliphatic imine (C=N–C) groups is 1. The Labute approximate surface area is 232 Å². The van der Waals surface area contributed by atoms with Crippen LogP contribution in [0.4, 0.5) is 0 Å². The number of guanidine groups is 1. The number of nitrogens with zero attached hydrogens (tertiary/aromatic N) is 1. The second-order valence-electron chi connectivity index (χ2n) is 9.43. The molecule has 222 valence electrons. The summed E-state index contributed by atoms with van der Waals surface area (Å²) < 4.78 is 0. The molecule has 0 radical (unpaired) electrons. The SMILES string of the molecule is CCC(C)C(NC(=O)C(Cc1ccc(O)cc1)NC(=O)C(CC(N)=O)NC(=O)C(N)CCCN=C(N)N)C(=O)O. The summed E-state index contributed by atoms with van der Waals surface area (Å²) in [6, 6.07) is 0.767. The number of amides is 4. The Morgan fingerprint density at radius 1 is 0.925 bits per heavy atom. The van der Waals surface area contributed by atoms with Gasteiger partial charge in [0.15, 0.2) is 5.96 Å². The number of phenols is 1. The van der Waals surface area contributed by atoms with Crippen LogP contribution in [0.3, 0.4) is 0 Å². The molecule has 0 saturated carbocycles. The number of hydrogen-bond acceptors (Lipinski definition) is 8. The molecule has 0 aromatic heterocycles. The molecular formula is C25H40N8O7. The molecule has 1 aromatic rings. The maximum atomic E-state index is 13.2. The molecule has 13 N–H and O–H groups in total. The van der Waals surface area contributed by atoms with Gasteiger partial charge < -0.3 is 49.1 Å². The molecule has 0 spiro atoms. The maximum Gasteiger partial charge on any atom is 0.326 e. The number of carboxylic acids is 1. The molecule has 5 unspecified atom stereocenters. The van der Waals surface area contributed by atoms with Gasteiger partial charge in [-0.05, 0) is 36.5 Å². The van der Waals surface area contributed by atoms with Crippen LogP contribution in [0.25, 0.3) is 0 Å². The van der Waals surface area contributed by atoms with Gasteiger partial charge in [-0.1, -0.05) is 32.4 Å². The first-order valence-corrected chi connectivity index (χ1v) is 12.8.